The van der Waals surface area contributed by atoms with Gasteiger partial charge in [-0.15, -0.1) is 0 Å². The number of rotatable bonds is 5. The summed E-state index contributed by atoms with van der Waals surface area (Å²) >= 11 is 1.80. The Balaban J connectivity index is 1.36. The molecule has 0 N–H and O–H groups in total. The standard InChI is InChI=1S/C23H27N3S/c1-18-17-26(15-8-11-19-9-4-3-5-10-19)16-14-21(18)25(2)23-24-20-12-6-7-13-22(20)27-23/h3-13,18,21H,14-17H2,1-2H3/t18-,21+/m1/s1. The van der Waals surface area contributed by atoms with E-state index >= 15 is 0 Å². The smallest absolute Gasteiger partial charge is 0.186 e. The average molecular weight is 378 g/mol. The van der Waals surface area contributed by atoms with Crippen molar-refractivity contribution in [1.29, 1.82) is 0 Å². The average Bonchev–Trinajstić information content (AvgIpc) is 3.13. The summed E-state index contributed by atoms with van der Waals surface area (Å²) in [6, 6.07) is 19.5. The number of nitrogens with zero attached hydrogens (tertiary/aromatic N) is 3. The van der Waals surface area contributed by atoms with Crippen molar-refractivity contribution >= 4 is 32.8 Å². The Morgan fingerprint density at radius 1 is 1.15 bits per heavy atom. The maximum atomic E-state index is 4.84. The van der Waals surface area contributed by atoms with Gasteiger partial charge < -0.3 is 4.90 Å². The zero-order chi connectivity index (χ0) is 18.6. The van der Waals surface area contributed by atoms with Crippen LogP contribution in [0.3, 0.4) is 0 Å². The summed E-state index contributed by atoms with van der Waals surface area (Å²) in [4.78, 5) is 9.82. The number of thiazole rings is 1. The van der Waals surface area contributed by atoms with Gasteiger partial charge in [-0.2, -0.15) is 0 Å². The molecule has 0 spiro atoms. The fourth-order valence-electron chi connectivity index (χ4n) is 4.02. The Bertz CT molecular complexity index is 869. The highest BCUT2D eigenvalue weighted by molar-refractivity contribution is 7.22. The summed E-state index contributed by atoms with van der Waals surface area (Å²) in [5.74, 6) is 0.626. The van der Waals surface area contributed by atoms with Gasteiger partial charge in [-0.1, -0.05) is 72.9 Å². The van der Waals surface area contributed by atoms with E-state index in [0.717, 1.165) is 30.3 Å². The molecular weight excluding hydrogens is 350 g/mol. The first-order chi connectivity index (χ1) is 13.2. The van der Waals surface area contributed by atoms with Crippen molar-refractivity contribution in [3.63, 3.8) is 0 Å². The molecule has 2 aromatic carbocycles. The van der Waals surface area contributed by atoms with Crippen LogP contribution >= 0.6 is 11.3 Å². The number of aromatic nitrogens is 1. The minimum Gasteiger partial charge on any atom is -0.348 e. The van der Waals surface area contributed by atoms with E-state index in [4.69, 9.17) is 4.98 Å². The van der Waals surface area contributed by atoms with E-state index in [0.29, 0.717) is 12.0 Å². The van der Waals surface area contributed by atoms with Crippen LogP contribution in [0.1, 0.15) is 18.9 Å². The Kier molecular flexibility index (Phi) is 5.55. The number of hydrogen-bond donors (Lipinski definition) is 0. The molecule has 2 atom stereocenters. The number of para-hydroxylation sites is 1. The van der Waals surface area contributed by atoms with Gasteiger partial charge in [0, 0.05) is 32.7 Å². The molecule has 0 radical (unpaired) electrons. The van der Waals surface area contributed by atoms with Crippen LogP contribution in [0.25, 0.3) is 16.3 Å². The molecular formula is C23H27N3S. The van der Waals surface area contributed by atoms with Crippen LogP contribution in [-0.2, 0) is 0 Å². The molecule has 140 valence electrons. The van der Waals surface area contributed by atoms with Crippen LogP contribution in [0.5, 0.6) is 0 Å². The summed E-state index contributed by atoms with van der Waals surface area (Å²) in [6.07, 6.45) is 5.70. The zero-order valence-corrected chi connectivity index (χ0v) is 16.9. The largest absolute Gasteiger partial charge is 0.348 e. The molecule has 0 unspecified atom stereocenters. The van der Waals surface area contributed by atoms with Gasteiger partial charge in [-0.05, 0) is 30.0 Å². The second-order valence-electron chi connectivity index (χ2n) is 7.48. The number of anilines is 1. The van der Waals surface area contributed by atoms with E-state index in [1.54, 1.807) is 11.3 Å². The Hall–Kier alpha value is -2.17. The lowest BCUT2D eigenvalue weighted by molar-refractivity contribution is 0.177. The van der Waals surface area contributed by atoms with E-state index in [9.17, 15) is 0 Å². The molecule has 4 rings (SSSR count). The summed E-state index contributed by atoms with van der Waals surface area (Å²) in [5.41, 5.74) is 2.39. The van der Waals surface area contributed by atoms with Crippen LogP contribution in [0.2, 0.25) is 0 Å². The van der Waals surface area contributed by atoms with Crippen LogP contribution in [0, 0.1) is 5.92 Å². The van der Waals surface area contributed by atoms with E-state index in [1.807, 2.05) is 0 Å². The van der Waals surface area contributed by atoms with E-state index in [-0.39, 0.29) is 0 Å². The molecule has 1 aliphatic rings. The van der Waals surface area contributed by atoms with Gasteiger partial charge in [-0.3, -0.25) is 4.90 Å². The first kappa shape index (κ1) is 18.2. The van der Waals surface area contributed by atoms with Crippen molar-refractivity contribution in [3.8, 4) is 0 Å². The molecule has 4 heteroatoms. The number of benzene rings is 2. The topological polar surface area (TPSA) is 19.4 Å². The van der Waals surface area contributed by atoms with Crippen LogP contribution in [0.15, 0.2) is 60.7 Å². The predicted octanol–water partition coefficient (Wildman–Crippen LogP) is 5.16. The van der Waals surface area contributed by atoms with Crippen molar-refractivity contribution in [1.82, 2.24) is 9.88 Å². The maximum absolute atomic E-state index is 4.84. The molecule has 0 aliphatic carbocycles. The van der Waals surface area contributed by atoms with Crippen LogP contribution in [0.4, 0.5) is 5.13 Å². The lowest BCUT2D eigenvalue weighted by Gasteiger charge is -2.41. The van der Waals surface area contributed by atoms with Gasteiger partial charge >= 0.3 is 0 Å². The molecule has 0 amide bonds. The predicted molar refractivity (Wildman–Crippen MR) is 118 cm³/mol. The molecule has 1 fully saturated rings. The van der Waals surface area contributed by atoms with E-state index in [1.165, 1.54) is 16.7 Å². The second-order valence-corrected chi connectivity index (χ2v) is 8.49. The number of likely N-dealkylation sites (tertiary alicyclic amines) is 1. The minimum atomic E-state index is 0.555. The molecule has 1 aliphatic heterocycles. The first-order valence-corrected chi connectivity index (χ1v) is 10.5. The van der Waals surface area contributed by atoms with Crippen molar-refractivity contribution in [2.75, 3.05) is 31.6 Å². The van der Waals surface area contributed by atoms with Gasteiger partial charge in [0.1, 0.15) is 0 Å². The summed E-state index contributed by atoms with van der Waals surface area (Å²) in [6.45, 7) is 5.68. The van der Waals surface area contributed by atoms with Gasteiger partial charge in [0.15, 0.2) is 5.13 Å². The lowest BCUT2D eigenvalue weighted by Crippen LogP contribution is -2.49. The lowest BCUT2D eigenvalue weighted by atomic mass is 9.93. The maximum Gasteiger partial charge on any atom is 0.186 e. The van der Waals surface area contributed by atoms with E-state index < -0.39 is 0 Å². The molecule has 0 bridgehead atoms. The van der Waals surface area contributed by atoms with E-state index in [2.05, 4.69) is 90.5 Å². The number of piperidine rings is 1. The fraction of sp³-hybridized carbons (Fsp3) is 0.348. The van der Waals surface area contributed by atoms with Gasteiger partial charge in [0.25, 0.3) is 0 Å². The normalized spacial score (nSPS) is 21.1. The third-order valence-corrected chi connectivity index (χ3v) is 6.63. The van der Waals surface area contributed by atoms with Crippen LogP contribution in [-0.4, -0.2) is 42.6 Å². The highest BCUT2D eigenvalue weighted by atomic mass is 32.1. The number of fused-ring (bicyclic) bond motifs is 1. The Labute approximate surface area is 166 Å². The van der Waals surface area contributed by atoms with Crippen molar-refractivity contribution in [3.05, 3.63) is 66.2 Å². The quantitative estimate of drug-likeness (QED) is 0.612. The van der Waals surface area contributed by atoms with Crippen molar-refractivity contribution in [2.24, 2.45) is 5.92 Å². The van der Waals surface area contributed by atoms with Crippen molar-refractivity contribution < 1.29 is 0 Å². The summed E-state index contributed by atoms with van der Waals surface area (Å²) < 4.78 is 1.27. The monoisotopic (exact) mass is 377 g/mol. The molecule has 3 nitrogen and oxygen atoms in total. The number of hydrogen-bond acceptors (Lipinski definition) is 4. The second kappa shape index (κ2) is 8.24. The molecule has 1 saturated heterocycles. The Morgan fingerprint density at radius 2 is 1.93 bits per heavy atom. The van der Waals surface area contributed by atoms with Gasteiger partial charge in [0.05, 0.1) is 10.2 Å². The molecule has 0 saturated carbocycles. The third-order valence-electron chi connectivity index (χ3n) is 5.50. The molecule has 1 aromatic heterocycles. The van der Waals surface area contributed by atoms with Crippen molar-refractivity contribution in [2.45, 2.75) is 19.4 Å². The first-order valence-electron chi connectivity index (χ1n) is 9.73. The highest BCUT2D eigenvalue weighted by Crippen LogP contribution is 2.32. The molecule has 27 heavy (non-hydrogen) atoms. The minimum absolute atomic E-state index is 0.555. The fourth-order valence-corrected chi connectivity index (χ4v) is 5.00. The van der Waals surface area contributed by atoms with Crippen LogP contribution < -0.4 is 4.90 Å². The zero-order valence-electron chi connectivity index (χ0n) is 16.1. The van der Waals surface area contributed by atoms with Gasteiger partial charge in [-0.25, -0.2) is 4.98 Å². The SMILES string of the molecule is C[C@@H]1CN(CC=Cc2ccccc2)CC[C@@H]1N(C)c1nc2ccccc2s1. The van der Waals surface area contributed by atoms with Gasteiger partial charge in [0.2, 0.25) is 0 Å². The highest BCUT2D eigenvalue weighted by Gasteiger charge is 2.29. The molecule has 3 aromatic rings. The molecule has 2 heterocycles. The summed E-state index contributed by atoms with van der Waals surface area (Å²) in [7, 11) is 2.21. The summed E-state index contributed by atoms with van der Waals surface area (Å²) in [5, 5.41) is 1.14. The third kappa shape index (κ3) is 4.23. The Morgan fingerprint density at radius 3 is 2.70 bits per heavy atom.